The molecule has 1 N–H and O–H groups in total. The fraction of sp³-hybridized carbons (Fsp3) is 0.455. The average Bonchev–Trinajstić information content (AvgIpc) is 2.59. The lowest BCUT2D eigenvalue weighted by atomic mass is 10.1. The van der Waals surface area contributed by atoms with E-state index in [4.69, 9.17) is 5.26 Å². The molecule has 0 amide bonds. The van der Waals surface area contributed by atoms with Crippen molar-refractivity contribution >= 4 is 5.82 Å². The van der Waals surface area contributed by atoms with Crippen LogP contribution >= 0.6 is 0 Å². The summed E-state index contributed by atoms with van der Waals surface area (Å²) < 4.78 is 0. The van der Waals surface area contributed by atoms with Crippen LogP contribution in [0.1, 0.15) is 18.9 Å². The highest BCUT2D eigenvalue weighted by atomic mass is 16.3. The van der Waals surface area contributed by atoms with Crippen LogP contribution in [0.2, 0.25) is 0 Å². The molecule has 0 radical (unpaired) electrons. The summed E-state index contributed by atoms with van der Waals surface area (Å²) in [5.41, 5.74) is -0.0975. The van der Waals surface area contributed by atoms with Crippen LogP contribution in [0.3, 0.4) is 0 Å². The average molecular weight is 203 g/mol. The van der Waals surface area contributed by atoms with Gasteiger partial charge in [0.05, 0.1) is 11.2 Å². The van der Waals surface area contributed by atoms with Crippen molar-refractivity contribution in [3.63, 3.8) is 0 Å². The third-order valence-corrected chi connectivity index (χ3v) is 2.66. The van der Waals surface area contributed by atoms with Crippen LogP contribution in [0.25, 0.3) is 0 Å². The number of aliphatic hydroxyl groups is 1. The normalized spacial score (nSPS) is 25.3. The number of hydrogen-bond acceptors (Lipinski definition) is 4. The maximum atomic E-state index is 9.84. The first-order valence-corrected chi connectivity index (χ1v) is 4.95. The van der Waals surface area contributed by atoms with Crippen LogP contribution < -0.4 is 4.90 Å². The molecule has 0 spiro atoms. The molecule has 15 heavy (non-hydrogen) atoms. The van der Waals surface area contributed by atoms with E-state index in [0.29, 0.717) is 24.3 Å². The number of anilines is 1. The standard InChI is InChI=1S/C11H13N3O/c1-11(15)4-6-14(8-11)10-9(7-12)3-2-5-13-10/h2-3,5,15H,4,6,8H2,1H3. The number of nitrogens with zero attached hydrogens (tertiary/aromatic N) is 3. The molecule has 0 aromatic carbocycles. The number of β-amino-alcohol motifs (C(OH)–C–C–N with tert-alkyl or cyclic N) is 1. The van der Waals surface area contributed by atoms with Gasteiger partial charge in [0.2, 0.25) is 0 Å². The minimum atomic E-state index is -0.662. The molecule has 0 bridgehead atoms. The zero-order valence-electron chi connectivity index (χ0n) is 8.64. The molecular formula is C11H13N3O. The topological polar surface area (TPSA) is 60.1 Å². The third-order valence-electron chi connectivity index (χ3n) is 2.66. The summed E-state index contributed by atoms with van der Waals surface area (Å²) in [5, 5.41) is 18.8. The number of aromatic nitrogens is 1. The van der Waals surface area contributed by atoms with Crippen molar-refractivity contribution in [2.75, 3.05) is 18.0 Å². The van der Waals surface area contributed by atoms with E-state index in [2.05, 4.69) is 11.1 Å². The molecule has 2 rings (SSSR count). The second-order valence-electron chi connectivity index (χ2n) is 4.15. The summed E-state index contributed by atoms with van der Waals surface area (Å²) in [6.07, 6.45) is 2.39. The van der Waals surface area contributed by atoms with Crippen LogP contribution in [0.4, 0.5) is 5.82 Å². The first kappa shape index (κ1) is 9.94. The summed E-state index contributed by atoms with van der Waals surface area (Å²) >= 11 is 0. The number of hydrogen-bond donors (Lipinski definition) is 1. The Labute approximate surface area is 88.8 Å². The maximum absolute atomic E-state index is 9.84. The fourth-order valence-electron chi connectivity index (χ4n) is 1.86. The van der Waals surface area contributed by atoms with Gasteiger partial charge < -0.3 is 10.0 Å². The van der Waals surface area contributed by atoms with Crippen LogP contribution in [0.15, 0.2) is 18.3 Å². The molecule has 1 aliphatic rings. The zero-order chi connectivity index (χ0) is 10.9. The van der Waals surface area contributed by atoms with Crippen molar-refractivity contribution in [2.45, 2.75) is 18.9 Å². The Balaban J connectivity index is 2.28. The van der Waals surface area contributed by atoms with Gasteiger partial charge >= 0.3 is 0 Å². The molecule has 1 aliphatic heterocycles. The molecule has 1 aromatic rings. The first-order chi connectivity index (χ1) is 7.12. The number of nitriles is 1. The highest BCUT2D eigenvalue weighted by Gasteiger charge is 2.32. The molecule has 0 aliphatic carbocycles. The molecule has 2 heterocycles. The molecular weight excluding hydrogens is 190 g/mol. The number of rotatable bonds is 1. The molecule has 1 unspecified atom stereocenters. The molecule has 1 fully saturated rings. The molecule has 1 saturated heterocycles. The minimum Gasteiger partial charge on any atom is -0.388 e. The lowest BCUT2D eigenvalue weighted by molar-refractivity contribution is 0.0839. The van der Waals surface area contributed by atoms with E-state index in [1.165, 1.54) is 0 Å². The fourth-order valence-corrected chi connectivity index (χ4v) is 1.86. The third kappa shape index (κ3) is 1.92. The molecule has 1 aromatic heterocycles. The Morgan fingerprint density at radius 3 is 3.07 bits per heavy atom. The van der Waals surface area contributed by atoms with Crippen molar-refractivity contribution in [3.8, 4) is 6.07 Å². The van der Waals surface area contributed by atoms with Crippen LogP contribution in [0.5, 0.6) is 0 Å². The van der Waals surface area contributed by atoms with Gasteiger partial charge in [-0.2, -0.15) is 5.26 Å². The van der Waals surface area contributed by atoms with Crippen molar-refractivity contribution in [1.82, 2.24) is 4.98 Å². The van der Waals surface area contributed by atoms with Gasteiger partial charge in [-0.1, -0.05) is 0 Å². The van der Waals surface area contributed by atoms with Gasteiger partial charge in [-0.3, -0.25) is 0 Å². The van der Waals surface area contributed by atoms with Crippen LogP contribution in [0, 0.1) is 11.3 Å². The predicted octanol–water partition coefficient (Wildman–Crippen LogP) is 0.914. The zero-order valence-corrected chi connectivity index (χ0v) is 8.64. The molecule has 4 nitrogen and oxygen atoms in total. The summed E-state index contributed by atoms with van der Waals surface area (Å²) in [4.78, 5) is 6.15. The van der Waals surface area contributed by atoms with Gasteiger partial charge in [-0.15, -0.1) is 0 Å². The highest BCUT2D eigenvalue weighted by Crippen LogP contribution is 2.26. The van der Waals surface area contributed by atoms with E-state index in [1.54, 1.807) is 18.3 Å². The smallest absolute Gasteiger partial charge is 0.146 e. The van der Waals surface area contributed by atoms with E-state index >= 15 is 0 Å². The summed E-state index contributed by atoms with van der Waals surface area (Å²) in [5.74, 6) is 0.678. The lowest BCUT2D eigenvalue weighted by Crippen LogP contribution is -2.30. The molecule has 4 heteroatoms. The van der Waals surface area contributed by atoms with E-state index in [1.807, 2.05) is 11.8 Å². The van der Waals surface area contributed by atoms with E-state index < -0.39 is 5.60 Å². The van der Waals surface area contributed by atoms with E-state index in [9.17, 15) is 5.11 Å². The number of pyridine rings is 1. The molecule has 0 saturated carbocycles. The maximum Gasteiger partial charge on any atom is 0.146 e. The SMILES string of the molecule is CC1(O)CCN(c2ncccc2C#N)C1. The van der Waals surface area contributed by atoms with Crippen LogP contribution in [-0.4, -0.2) is 28.8 Å². The lowest BCUT2D eigenvalue weighted by Gasteiger charge is -2.20. The van der Waals surface area contributed by atoms with Gasteiger partial charge in [0.15, 0.2) is 0 Å². The van der Waals surface area contributed by atoms with E-state index in [-0.39, 0.29) is 0 Å². The van der Waals surface area contributed by atoms with Gasteiger partial charge in [0, 0.05) is 19.3 Å². The highest BCUT2D eigenvalue weighted by molar-refractivity contribution is 5.54. The van der Waals surface area contributed by atoms with Gasteiger partial charge in [-0.05, 0) is 25.5 Å². The van der Waals surface area contributed by atoms with Crippen molar-refractivity contribution in [3.05, 3.63) is 23.9 Å². The molecule has 1 atom stereocenters. The Kier molecular flexibility index (Phi) is 2.33. The first-order valence-electron chi connectivity index (χ1n) is 4.95. The predicted molar refractivity (Wildman–Crippen MR) is 56.4 cm³/mol. The monoisotopic (exact) mass is 203 g/mol. The summed E-state index contributed by atoms with van der Waals surface area (Å²) in [7, 11) is 0. The Morgan fingerprint density at radius 2 is 2.47 bits per heavy atom. The Bertz CT molecular complexity index is 409. The van der Waals surface area contributed by atoms with Gasteiger partial charge in [-0.25, -0.2) is 4.98 Å². The Morgan fingerprint density at radius 1 is 1.67 bits per heavy atom. The quantitative estimate of drug-likeness (QED) is 0.737. The van der Waals surface area contributed by atoms with Gasteiger partial charge in [0.25, 0.3) is 0 Å². The second-order valence-corrected chi connectivity index (χ2v) is 4.15. The largest absolute Gasteiger partial charge is 0.388 e. The van der Waals surface area contributed by atoms with Gasteiger partial charge in [0.1, 0.15) is 11.9 Å². The van der Waals surface area contributed by atoms with Crippen molar-refractivity contribution < 1.29 is 5.11 Å². The Hall–Kier alpha value is -1.60. The van der Waals surface area contributed by atoms with E-state index in [0.717, 1.165) is 6.54 Å². The summed E-state index contributed by atoms with van der Waals surface area (Å²) in [6.45, 7) is 3.10. The summed E-state index contributed by atoms with van der Waals surface area (Å²) in [6, 6.07) is 5.61. The second kappa shape index (κ2) is 3.52. The minimum absolute atomic E-state index is 0.540. The molecule has 78 valence electrons. The van der Waals surface area contributed by atoms with Crippen LogP contribution in [-0.2, 0) is 0 Å². The van der Waals surface area contributed by atoms with Crippen molar-refractivity contribution in [1.29, 1.82) is 5.26 Å². The van der Waals surface area contributed by atoms with Crippen molar-refractivity contribution in [2.24, 2.45) is 0 Å².